The Labute approximate surface area is 171 Å². The molecule has 0 aromatic heterocycles. The summed E-state index contributed by atoms with van der Waals surface area (Å²) in [7, 11) is 1.62. The van der Waals surface area contributed by atoms with Gasteiger partial charge in [-0.15, -0.1) is 0 Å². The number of primary amides is 1. The van der Waals surface area contributed by atoms with Crippen LogP contribution in [-0.4, -0.2) is 69.2 Å². The summed E-state index contributed by atoms with van der Waals surface area (Å²) in [6, 6.07) is 7.14. The SMILES string of the molecule is CN(CC(=O)Nc1ccc(N2CCOCC2)cc1)C(=O)CCCCCNC(N)=O. The maximum absolute atomic E-state index is 12.2. The first-order chi connectivity index (χ1) is 14.0. The molecular weight excluding hydrogens is 374 g/mol. The molecule has 0 bridgehead atoms. The Morgan fingerprint density at radius 1 is 1.10 bits per heavy atom. The average Bonchev–Trinajstić information content (AvgIpc) is 2.71. The summed E-state index contributed by atoms with van der Waals surface area (Å²) < 4.78 is 5.35. The predicted molar refractivity (Wildman–Crippen MR) is 112 cm³/mol. The number of rotatable bonds is 10. The molecule has 0 atom stereocenters. The van der Waals surface area contributed by atoms with Gasteiger partial charge in [0, 0.05) is 44.5 Å². The van der Waals surface area contributed by atoms with Crippen molar-refractivity contribution in [2.24, 2.45) is 5.73 Å². The van der Waals surface area contributed by atoms with Crippen molar-refractivity contribution in [2.75, 3.05) is 56.7 Å². The Hall–Kier alpha value is -2.81. The second kappa shape index (κ2) is 11.9. The highest BCUT2D eigenvalue weighted by atomic mass is 16.5. The third-order valence-electron chi connectivity index (χ3n) is 4.70. The zero-order valence-electron chi connectivity index (χ0n) is 17.0. The largest absolute Gasteiger partial charge is 0.378 e. The number of amides is 4. The van der Waals surface area contributed by atoms with Gasteiger partial charge in [-0.3, -0.25) is 9.59 Å². The molecule has 4 N–H and O–H groups in total. The van der Waals surface area contributed by atoms with Crippen LogP contribution in [0.1, 0.15) is 25.7 Å². The van der Waals surface area contributed by atoms with E-state index < -0.39 is 6.03 Å². The molecule has 1 aliphatic heterocycles. The van der Waals surface area contributed by atoms with Crippen LogP contribution in [0, 0.1) is 0 Å². The Morgan fingerprint density at radius 2 is 1.79 bits per heavy atom. The maximum Gasteiger partial charge on any atom is 0.312 e. The Bertz CT molecular complexity index is 674. The fraction of sp³-hybridized carbons (Fsp3) is 0.550. The number of nitrogens with one attached hydrogen (secondary N) is 2. The summed E-state index contributed by atoms with van der Waals surface area (Å²) in [5.74, 6) is -0.309. The van der Waals surface area contributed by atoms with Crippen LogP contribution in [0.2, 0.25) is 0 Å². The minimum absolute atomic E-state index is 0.00722. The smallest absolute Gasteiger partial charge is 0.312 e. The van der Waals surface area contributed by atoms with Crippen molar-refractivity contribution in [3.05, 3.63) is 24.3 Å². The maximum atomic E-state index is 12.2. The van der Waals surface area contributed by atoms with Crippen molar-refractivity contribution >= 4 is 29.2 Å². The number of urea groups is 1. The van der Waals surface area contributed by atoms with Crippen LogP contribution in [0.4, 0.5) is 16.2 Å². The topological polar surface area (TPSA) is 117 Å². The molecule has 1 heterocycles. The lowest BCUT2D eigenvalue weighted by atomic mass is 10.2. The molecule has 0 radical (unpaired) electrons. The summed E-state index contributed by atoms with van der Waals surface area (Å²) in [5, 5.41) is 5.33. The van der Waals surface area contributed by atoms with E-state index in [0.29, 0.717) is 25.1 Å². The van der Waals surface area contributed by atoms with Gasteiger partial charge in [0.15, 0.2) is 0 Å². The van der Waals surface area contributed by atoms with E-state index in [-0.39, 0.29) is 18.4 Å². The third kappa shape index (κ3) is 8.39. The normalized spacial score (nSPS) is 13.6. The zero-order valence-corrected chi connectivity index (χ0v) is 17.0. The summed E-state index contributed by atoms with van der Waals surface area (Å²) >= 11 is 0. The van der Waals surface area contributed by atoms with Crippen molar-refractivity contribution < 1.29 is 19.1 Å². The lowest BCUT2D eigenvalue weighted by Gasteiger charge is -2.28. The number of nitrogens with two attached hydrogens (primary N) is 1. The average molecular weight is 405 g/mol. The highest BCUT2D eigenvalue weighted by molar-refractivity contribution is 5.94. The molecule has 1 saturated heterocycles. The van der Waals surface area contributed by atoms with Crippen LogP contribution in [0.15, 0.2) is 24.3 Å². The molecule has 0 spiro atoms. The summed E-state index contributed by atoms with van der Waals surface area (Å²) in [4.78, 5) is 38.6. The molecule has 29 heavy (non-hydrogen) atoms. The monoisotopic (exact) mass is 405 g/mol. The van der Waals surface area contributed by atoms with Gasteiger partial charge >= 0.3 is 6.03 Å². The number of carbonyl (C=O) groups excluding carboxylic acids is 3. The Morgan fingerprint density at radius 3 is 2.45 bits per heavy atom. The van der Waals surface area contributed by atoms with E-state index in [1.165, 1.54) is 4.90 Å². The Kier molecular flexibility index (Phi) is 9.23. The molecule has 1 aliphatic rings. The highest BCUT2D eigenvalue weighted by Crippen LogP contribution is 2.19. The highest BCUT2D eigenvalue weighted by Gasteiger charge is 2.14. The number of nitrogens with zero attached hydrogens (tertiary/aromatic N) is 2. The van der Waals surface area contributed by atoms with E-state index in [2.05, 4.69) is 15.5 Å². The fourth-order valence-corrected chi connectivity index (χ4v) is 3.06. The molecule has 2 rings (SSSR count). The number of morpholine rings is 1. The first-order valence-electron chi connectivity index (χ1n) is 9.95. The molecule has 160 valence electrons. The van der Waals surface area contributed by atoms with E-state index in [9.17, 15) is 14.4 Å². The van der Waals surface area contributed by atoms with E-state index in [1.807, 2.05) is 24.3 Å². The fourth-order valence-electron chi connectivity index (χ4n) is 3.06. The van der Waals surface area contributed by atoms with Gasteiger partial charge < -0.3 is 30.9 Å². The molecule has 0 aliphatic carbocycles. The van der Waals surface area contributed by atoms with E-state index in [1.54, 1.807) is 7.05 Å². The van der Waals surface area contributed by atoms with Crippen LogP contribution in [0.25, 0.3) is 0 Å². The lowest BCUT2D eigenvalue weighted by molar-refractivity contribution is -0.133. The third-order valence-corrected chi connectivity index (χ3v) is 4.70. The number of likely N-dealkylation sites (N-methyl/N-ethyl adjacent to an activating group) is 1. The molecule has 1 aromatic rings. The van der Waals surface area contributed by atoms with Crippen LogP contribution < -0.4 is 21.3 Å². The van der Waals surface area contributed by atoms with Gasteiger partial charge in [-0.2, -0.15) is 0 Å². The van der Waals surface area contributed by atoms with Crippen molar-refractivity contribution in [3.8, 4) is 0 Å². The minimum atomic E-state index is -0.539. The van der Waals surface area contributed by atoms with Crippen LogP contribution in [-0.2, 0) is 14.3 Å². The van der Waals surface area contributed by atoms with Gasteiger partial charge in [0.1, 0.15) is 0 Å². The minimum Gasteiger partial charge on any atom is -0.378 e. The molecule has 4 amide bonds. The van der Waals surface area contributed by atoms with Crippen molar-refractivity contribution in [3.63, 3.8) is 0 Å². The van der Waals surface area contributed by atoms with Gasteiger partial charge in [-0.25, -0.2) is 4.79 Å². The summed E-state index contributed by atoms with van der Waals surface area (Å²) in [6.07, 6.45) is 2.64. The van der Waals surface area contributed by atoms with E-state index in [4.69, 9.17) is 10.5 Å². The molecule has 1 aromatic carbocycles. The van der Waals surface area contributed by atoms with Crippen LogP contribution in [0.3, 0.4) is 0 Å². The molecule has 0 saturated carbocycles. The van der Waals surface area contributed by atoms with Crippen molar-refractivity contribution in [1.82, 2.24) is 10.2 Å². The first kappa shape index (κ1) is 22.5. The number of hydrogen-bond donors (Lipinski definition) is 3. The number of unbranched alkanes of at least 4 members (excludes halogenated alkanes) is 2. The molecule has 0 unspecified atom stereocenters. The molecule has 1 fully saturated rings. The van der Waals surface area contributed by atoms with Gasteiger partial charge in [-0.1, -0.05) is 6.42 Å². The number of hydrogen-bond acceptors (Lipinski definition) is 5. The van der Waals surface area contributed by atoms with Gasteiger partial charge in [0.05, 0.1) is 19.8 Å². The summed E-state index contributed by atoms with van der Waals surface area (Å²) in [6.45, 7) is 3.69. The van der Waals surface area contributed by atoms with Gasteiger partial charge in [0.25, 0.3) is 0 Å². The van der Waals surface area contributed by atoms with Crippen molar-refractivity contribution in [2.45, 2.75) is 25.7 Å². The lowest BCUT2D eigenvalue weighted by Crippen LogP contribution is -2.36. The van der Waals surface area contributed by atoms with Gasteiger partial charge in [0.2, 0.25) is 11.8 Å². The number of anilines is 2. The van der Waals surface area contributed by atoms with E-state index in [0.717, 1.165) is 44.8 Å². The quantitative estimate of drug-likeness (QED) is 0.505. The summed E-state index contributed by atoms with van der Waals surface area (Å²) in [5.41, 5.74) is 6.79. The second-order valence-electron chi connectivity index (χ2n) is 7.05. The second-order valence-corrected chi connectivity index (χ2v) is 7.05. The predicted octanol–water partition coefficient (Wildman–Crippen LogP) is 1.15. The van der Waals surface area contributed by atoms with E-state index >= 15 is 0 Å². The molecular formula is C20H31N5O4. The first-order valence-corrected chi connectivity index (χ1v) is 9.95. The van der Waals surface area contributed by atoms with Crippen molar-refractivity contribution in [1.29, 1.82) is 0 Å². The number of benzene rings is 1. The van der Waals surface area contributed by atoms with Gasteiger partial charge in [-0.05, 0) is 37.1 Å². The molecule has 9 nitrogen and oxygen atoms in total. The molecule has 9 heteroatoms. The number of ether oxygens (including phenoxy) is 1. The van der Waals surface area contributed by atoms with Crippen LogP contribution >= 0.6 is 0 Å². The Balaban J connectivity index is 1.66. The number of carbonyl (C=O) groups is 3. The zero-order chi connectivity index (χ0) is 21.1. The standard InChI is InChI=1S/C20H31N5O4/c1-24(19(27)5-3-2-4-10-22-20(21)28)15-18(26)23-16-6-8-17(9-7-16)25-11-13-29-14-12-25/h6-9H,2-5,10-15H2,1H3,(H,23,26)(H3,21,22,28). The van der Waals surface area contributed by atoms with Crippen LogP contribution in [0.5, 0.6) is 0 Å².